The molecule has 7 nitrogen and oxygen atoms in total. The van der Waals surface area contributed by atoms with Gasteiger partial charge in [-0.05, 0) is 41.7 Å². The monoisotopic (exact) mass is 488 g/mol. The Morgan fingerprint density at radius 3 is 1.89 bits per heavy atom. The number of ether oxygens (including phenoxy) is 3. The van der Waals surface area contributed by atoms with Crippen LogP contribution < -0.4 is 10.4 Å². The van der Waals surface area contributed by atoms with Gasteiger partial charge in [0.15, 0.2) is 6.29 Å². The van der Waals surface area contributed by atoms with Gasteiger partial charge in [-0.3, -0.25) is 0 Å². The summed E-state index contributed by atoms with van der Waals surface area (Å²) in [7, 11) is 0. The largest absolute Gasteiger partial charge is 0.550 e. The number of benzene rings is 3. The maximum Gasteiger partial charge on any atom is 0.407 e. The van der Waals surface area contributed by atoms with Crippen molar-refractivity contribution in [3.05, 3.63) is 95.1 Å². The number of rotatable bonds is 11. The number of carbonyl (C=O) groups is 2. The number of aliphatic carboxylic acids is 1. The van der Waals surface area contributed by atoms with Crippen LogP contribution in [-0.2, 0) is 19.0 Å². The molecule has 7 heteroatoms. The zero-order valence-corrected chi connectivity index (χ0v) is 20.4. The number of hydrogen-bond acceptors (Lipinski definition) is 6. The highest BCUT2D eigenvalue weighted by atomic mass is 16.7. The Morgan fingerprint density at radius 2 is 1.36 bits per heavy atom. The van der Waals surface area contributed by atoms with Crippen LogP contribution in [0, 0.1) is 0 Å². The van der Waals surface area contributed by atoms with E-state index >= 15 is 0 Å². The summed E-state index contributed by atoms with van der Waals surface area (Å²) in [6.07, 6.45) is -1.58. The molecule has 0 fully saturated rings. The molecular formula is C29H30NO6-. The Hall–Kier alpha value is -3.68. The number of fused-ring (bicyclic) bond motifs is 3. The molecule has 0 spiro atoms. The number of hydrogen-bond donors (Lipinski definition) is 1. The number of amides is 1. The Bertz CT molecular complexity index is 1140. The first-order valence-corrected chi connectivity index (χ1v) is 12.2. The quantitative estimate of drug-likeness (QED) is 0.400. The van der Waals surface area contributed by atoms with Crippen LogP contribution in [0.2, 0.25) is 0 Å². The molecule has 0 bridgehead atoms. The van der Waals surface area contributed by atoms with Gasteiger partial charge in [-0.25, -0.2) is 4.79 Å². The number of nitrogens with one attached hydrogen (secondary N) is 1. The summed E-state index contributed by atoms with van der Waals surface area (Å²) < 4.78 is 16.8. The van der Waals surface area contributed by atoms with Crippen LogP contribution in [0.5, 0.6) is 0 Å². The van der Waals surface area contributed by atoms with E-state index < -0.39 is 24.4 Å². The van der Waals surface area contributed by atoms with Crippen molar-refractivity contribution in [2.75, 3.05) is 19.8 Å². The maximum absolute atomic E-state index is 12.7. The summed E-state index contributed by atoms with van der Waals surface area (Å²) >= 11 is 0. The maximum atomic E-state index is 12.7. The highest BCUT2D eigenvalue weighted by molar-refractivity contribution is 5.79. The van der Waals surface area contributed by atoms with Gasteiger partial charge in [0.1, 0.15) is 6.61 Å². The van der Waals surface area contributed by atoms with Gasteiger partial charge in [0.05, 0.1) is 6.04 Å². The van der Waals surface area contributed by atoms with Crippen molar-refractivity contribution in [3.8, 4) is 11.1 Å². The summed E-state index contributed by atoms with van der Waals surface area (Å²) in [4.78, 5) is 24.2. The standard InChI is InChI=1S/C29H31NO6/c1-3-34-28(35-4-2)20-15-13-19(14-16-20)26(17-27(31)32)30-29(33)36-18-25-23-11-7-5-9-21(23)22-10-6-8-12-24(22)25/h5-16,25-26,28H,3-4,17-18H2,1-2H3,(H,30,33)(H,31,32)/p-1/t26-/m1/s1. The molecule has 0 unspecified atom stereocenters. The summed E-state index contributed by atoms with van der Waals surface area (Å²) in [5.41, 5.74) is 5.89. The molecule has 1 aliphatic carbocycles. The van der Waals surface area contributed by atoms with E-state index in [0.717, 1.165) is 27.8 Å². The molecular weight excluding hydrogens is 458 g/mol. The molecule has 4 rings (SSSR count). The van der Waals surface area contributed by atoms with Gasteiger partial charge in [0.2, 0.25) is 0 Å². The SMILES string of the molecule is CCOC(OCC)c1ccc([C@@H](CC(=O)[O-])NC(=O)OCC2c3ccccc3-c3ccccc32)cc1. The third kappa shape index (κ3) is 5.75. The molecule has 188 valence electrons. The van der Waals surface area contributed by atoms with E-state index in [2.05, 4.69) is 17.4 Å². The van der Waals surface area contributed by atoms with Crippen molar-refractivity contribution in [1.29, 1.82) is 0 Å². The van der Waals surface area contributed by atoms with Crippen LogP contribution >= 0.6 is 0 Å². The molecule has 3 aromatic rings. The topological polar surface area (TPSA) is 96.9 Å². The molecule has 1 aliphatic rings. The minimum absolute atomic E-state index is 0.0870. The average molecular weight is 489 g/mol. The fourth-order valence-corrected chi connectivity index (χ4v) is 4.63. The molecule has 0 saturated heterocycles. The second kappa shape index (κ2) is 11.8. The highest BCUT2D eigenvalue weighted by Crippen LogP contribution is 2.44. The van der Waals surface area contributed by atoms with Gasteiger partial charge < -0.3 is 29.4 Å². The lowest BCUT2D eigenvalue weighted by Crippen LogP contribution is -2.35. The smallest absolute Gasteiger partial charge is 0.407 e. The first-order valence-electron chi connectivity index (χ1n) is 12.2. The van der Waals surface area contributed by atoms with Crippen LogP contribution in [0.1, 0.15) is 60.8 Å². The Kier molecular flexibility index (Phi) is 8.36. The van der Waals surface area contributed by atoms with Gasteiger partial charge in [-0.15, -0.1) is 0 Å². The van der Waals surface area contributed by atoms with Crippen molar-refractivity contribution in [2.45, 2.75) is 38.5 Å². The van der Waals surface area contributed by atoms with Crippen LogP contribution in [0.25, 0.3) is 11.1 Å². The molecule has 3 aromatic carbocycles. The fraction of sp³-hybridized carbons (Fsp3) is 0.310. The lowest BCUT2D eigenvalue weighted by atomic mass is 9.98. The molecule has 0 aromatic heterocycles. The van der Waals surface area contributed by atoms with Gasteiger partial charge in [0.25, 0.3) is 0 Å². The molecule has 0 saturated carbocycles. The minimum atomic E-state index is -1.27. The van der Waals surface area contributed by atoms with Gasteiger partial charge in [0, 0.05) is 37.1 Å². The normalized spacial score (nSPS) is 13.2. The lowest BCUT2D eigenvalue weighted by molar-refractivity contribution is -0.306. The predicted molar refractivity (Wildman–Crippen MR) is 133 cm³/mol. The number of carboxylic acid groups (broad SMARTS) is 1. The summed E-state index contributed by atoms with van der Waals surface area (Å²) in [5.74, 6) is -1.36. The Labute approximate surface area is 211 Å². The highest BCUT2D eigenvalue weighted by Gasteiger charge is 2.29. The minimum Gasteiger partial charge on any atom is -0.550 e. The molecule has 0 heterocycles. The van der Waals surface area contributed by atoms with Crippen LogP contribution in [0.4, 0.5) is 4.79 Å². The van der Waals surface area contributed by atoms with Crippen molar-refractivity contribution in [3.63, 3.8) is 0 Å². The van der Waals surface area contributed by atoms with E-state index in [1.807, 2.05) is 50.2 Å². The number of alkyl carbamates (subject to hydrolysis) is 1. The van der Waals surface area contributed by atoms with Gasteiger partial charge in [-0.2, -0.15) is 0 Å². The van der Waals surface area contributed by atoms with E-state index in [1.54, 1.807) is 24.3 Å². The molecule has 1 amide bonds. The van der Waals surface area contributed by atoms with Crippen molar-refractivity contribution >= 4 is 12.1 Å². The summed E-state index contributed by atoms with van der Waals surface area (Å²) in [6.45, 7) is 4.89. The molecule has 36 heavy (non-hydrogen) atoms. The van der Waals surface area contributed by atoms with Gasteiger partial charge in [-0.1, -0.05) is 72.8 Å². The second-order valence-corrected chi connectivity index (χ2v) is 8.51. The third-order valence-corrected chi connectivity index (χ3v) is 6.25. The number of carboxylic acids is 1. The van der Waals surface area contributed by atoms with E-state index in [4.69, 9.17) is 14.2 Å². The number of carbonyl (C=O) groups excluding carboxylic acids is 2. The molecule has 1 atom stereocenters. The van der Waals surface area contributed by atoms with Crippen LogP contribution in [0.3, 0.4) is 0 Å². The zero-order chi connectivity index (χ0) is 25.5. The summed E-state index contributed by atoms with van der Waals surface area (Å²) in [6, 6.07) is 22.4. The Morgan fingerprint density at radius 1 is 0.833 bits per heavy atom. The lowest BCUT2D eigenvalue weighted by Gasteiger charge is -2.22. The van der Waals surface area contributed by atoms with Gasteiger partial charge >= 0.3 is 6.09 Å². The van der Waals surface area contributed by atoms with E-state index in [1.165, 1.54) is 0 Å². The van der Waals surface area contributed by atoms with Crippen molar-refractivity contribution in [1.82, 2.24) is 5.32 Å². The van der Waals surface area contributed by atoms with Crippen molar-refractivity contribution in [2.24, 2.45) is 0 Å². The molecule has 0 aliphatic heterocycles. The van der Waals surface area contributed by atoms with Crippen LogP contribution in [-0.4, -0.2) is 31.9 Å². The summed E-state index contributed by atoms with van der Waals surface area (Å²) in [5, 5.41) is 14.1. The first kappa shape index (κ1) is 25.4. The molecule has 1 N–H and O–H groups in total. The zero-order valence-electron chi connectivity index (χ0n) is 20.4. The molecule has 0 radical (unpaired) electrons. The van der Waals surface area contributed by atoms with E-state index in [0.29, 0.717) is 18.8 Å². The predicted octanol–water partition coefficient (Wildman–Crippen LogP) is 4.48. The third-order valence-electron chi connectivity index (χ3n) is 6.25. The average Bonchev–Trinajstić information content (AvgIpc) is 3.20. The van der Waals surface area contributed by atoms with Crippen LogP contribution in [0.15, 0.2) is 72.8 Å². The first-order chi connectivity index (χ1) is 17.5. The second-order valence-electron chi connectivity index (χ2n) is 8.51. The van der Waals surface area contributed by atoms with E-state index in [9.17, 15) is 14.7 Å². The van der Waals surface area contributed by atoms with E-state index in [-0.39, 0.29) is 18.9 Å². The van der Waals surface area contributed by atoms with Crippen molar-refractivity contribution < 1.29 is 28.9 Å². The Balaban J connectivity index is 1.44. The fourth-order valence-electron chi connectivity index (χ4n) is 4.63.